The van der Waals surface area contributed by atoms with E-state index in [4.69, 9.17) is 0 Å². The van der Waals surface area contributed by atoms with Crippen molar-refractivity contribution in [2.75, 3.05) is 26.7 Å². The summed E-state index contributed by atoms with van der Waals surface area (Å²) in [5, 5.41) is 3.56. The Morgan fingerprint density at radius 3 is 2.17 bits per heavy atom. The van der Waals surface area contributed by atoms with Crippen LogP contribution in [0.3, 0.4) is 0 Å². The molecule has 1 aliphatic rings. The van der Waals surface area contributed by atoms with Gasteiger partial charge in [0.25, 0.3) is 0 Å². The van der Waals surface area contributed by atoms with Gasteiger partial charge < -0.3 is 10.2 Å². The second-order valence-electron chi connectivity index (χ2n) is 7.13. The first-order chi connectivity index (χ1) is 8.47. The minimum absolute atomic E-state index is 0.252. The van der Waals surface area contributed by atoms with Gasteiger partial charge in [-0.15, -0.1) is 0 Å². The maximum atomic E-state index is 3.56. The maximum Gasteiger partial charge on any atom is 0.0104 e. The molecule has 0 aliphatic heterocycles. The van der Waals surface area contributed by atoms with E-state index in [1.165, 1.54) is 58.0 Å². The molecule has 0 aromatic heterocycles. The van der Waals surface area contributed by atoms with Crippen LogP contribution in [0.25, 0.3) is 0 Å². The molecule has 0 radical (unpaired) electrons. The lowest BCUT2D eigenvalue weighted by Crippen LogP contribution is -2.40. The van der Waals surface area contributed by atoms with E-state index in [9.17, 15) is 0 Å². The van der Waals surface area contributed by atoms with Gasteiger partial charge in [-0.2, -0.15) is 0 Å². The number of likely N-dealkylation sites (N-methyl/N-ethyl adjacent to an activating group) is 1. The van der Waals surface area contributed by atoms with Crippen LogP contribution in [0.2, 0.25) is 0 Å². The van der Waals surface area contributed by atoms with Crippen LogP contribution in [0.4, 0.5) is 0 Å². The first kappa shape index (κ1) is 16.0. The molecule has 0 aromatic rings. The van der Waals surface area contributed by atoms with Gasteiger partial charge in [0.2, 0.25) is 0 Å². The van der Waals surface area contributed by atoms with Crippen molar-refractivity contribution < 1.29 is 0 Å². The number of nitrogens with zero attached hydrogens (tertiary/aromatic N) is 1. The van der Waals surface area contributed by atoms with Crippen LogP contribution >= 0.6 is 0 Å². The molecular weight excluding hydrogens is 220 g/mol. The summed E-state index contributed by atoms with van der Waals surface area (Å²) in [5.41, 5.74) is 0.252. The number of hydrogen-bond donors (Lipinski definition) is 1. The predicted molar refractivity (Wildman–Crippen MR) is 81.1 cm³/mol. The summed E-state index contributed by atoms with van der Waals surface area (Å²) >= 11 is 0. The Kier molecular flexibility index (Phi) is 7.25. The highest BCUT2D eigenvalue weighted by Gasteiger charge is 2.13. The molecule has 1 saturated carbocycles. The third kappa shape index (κ3) is 8.10. The van der Waals surface area contributed by atoms with Gasteiger partial charge in [0, 0.05) is 18.6 Å². The molecule has 0 unspecified atom stereocenters. The zero-order valence-electron chi connectivity index (χ0n) is 13.1. The van der Waals surface area contributed by atoms with Gasteiger partial charge in [-0.1, -0.05) is 38.5 Å². The van der Waals surface area contributed by atoms with E-state index in [0.717, 1.165) is 12.5 Å². The summed E-state index contributed by atoms with van der Waals surface area (Å²) in [6.07, 6.45) is 10.3. The molecule has 1 rings (SSSR count). The van der Waals surface area contributed by atoms with E-state index in [2.05, 4.69) is 38.0 Å². The SMILES string of the molecule is CN(CCNC(C)(C)C)CCC1CCCCCC1. The van der Waals surface area contributed by atoms with Gasteiger partial charge in [-0.05, 0) is 46.7 Å². The first-order valence-corrected chi connectivity index (χ1v) is 7.91. The maximum absolute atomic E-state index is 3.56. The van der Waals surface area contributed by atoms with Gasteiger partial charge in [0.1, 0.15) is 0 Å². The van der Waals surface area contributed by atoms with Crippen LogP contribution in [-0.4, -0.2) is 37.1 Å². The van der Waals surface area contributed by atoms with E-state index < -0.39 is 0 Å². The zero-order chi connectivity index (χ0) is 13.4. The van der Waals surface area contributed by atoms with E-state index in [0.29, 0.717) is 0 Å². The van der Waals surface area contributed by atoms with Crippen LogP contribution in [0.5, 0.6) is 0 Å². The fraction of sp³-hybridized carbons (Fsp3) is 1.00. The third-order valence-electron chi connectivity index (χ3n) is 4.04. The largest absolute Gasteiger partial charge is 0.311 e. The second-order valence-corrected chi connectivity index (χ2v) is 7.13. The number of rotatable bonds is 6. The van der Waals surface area contributed by atoms with E-state index in [1.54, 1.807) is 0 Å². The van der Waals surface area contributed by atoms with Crippen LogP contribution in [-0.2, 0) is 0 Å². The van der Waals surface area contributed by atoms with Crippen LogP contribution in [0.1, 0.15) is 65.7 Å². The summed E-state index contributed by atoms with van der Waals surface area (Å²) in [5.74, 6) is 1.01. The summed E-state index contributed by atoms with van der Waals surface area (Å²) in [6.45, 7) is 10.3. The molecular formula is C16H34N2. The van der Waals surface area contributed by atoms with E-state index in [-0.39, 0.29) is 5.54 Å². The summed E-state index contributed by atoms with van der Waals surface area (Å²) in [4.78, 5) is 2.49. The average molecular weight is 254 g/mol. The van der Waals surface area contributed by atoms with Gasteiger partial charge in [0.15, 0.2) is 0 Å². The van der Waals surface area contributed by atoms with Crippen molar-refractivity contribution in [3.05, 3.63) is 0 Å². The molecule has 0 spiro atoms. The van der Waals surface area contributed by atoms with Crippen molar-refractivity contribution in [2.45, 2.75) is 71.3 Å². The van der Waals surface area contributed by atoms with Crippen LogP contribution in [0, 0.1) is 5.92 Å². The zero-order valence-corrected chi connectivity index (χ0v) is 13.1. The average Bonchev–Trinajstić information content (AvgIpc) is 2.53. The van der Waals surface area contributed by atoms with Crippen molar-refractivity contribution in [3.63, 3.8) is 0 Å². The van der Waals surface area contributed by atoms with Gasteiger partial charge in [-0.3, -0.25) is 0 Å². The minimum Gasteiger partial charge on any atom is -0.311 e. The lowest BCUT2D eigenvalue weighted by atomic mass is 9.96. The van der Waals surface area contributed by atoms with Crippen molar-refractivity contribution in [3.8, 4) is 0 Å². The Morgan fingerprint density at radius 2 is 1.61 bits per heavy atom. The summed E-state index contributed by atoms with van der Waals surface area (Å²) < 4.78 is 0. The monoisotopic (exact) mass is 254 g/mol. The molecule has 1 fully saturated rings. The Bertz CT molecular complexity index is 200. The van der Waals surface area contributed by atoms with Crippen LogP contribution < -0.4 is 5.32 Å². The quantitative estimate of drug-likeness (QED) is 0.728. The molecule has 0 heterocycles. The summed E-state index contributed by atoms with van der Waals surface area (Å²) in [7, 11) is 2.26. The number of nitrogens with one attached hydrogen (secondary N) is 1. The first-order valence-electron chi connectivity index (χ1n) is 7.91. The third-order valence-corrected chi connectivity index (χ3v) is 4.04. The molecule has 0 amide bonds. The van der Waals surface area contributed by atoms with Crippen molar-refractivity contribution in [1.29, 1.82) is 0 Å². The molecule has 0 bridgehead atoms. The minimum atomic E-state index is 0.252. The molecule has 0 saturated heterocycles. The Hall–Kier alpha value is -0.0800. The van der Waals surface area contributed by atoms with Crippen LogP contribution in [0.15, 0.2) is 0 Å². The lowest BCUT2D eigenvalue weighted by Gasteiger charge is -2.24. The molecule has 2 nitrogen and oxygen atoms in total. The molecule has 108 valence electrons. The fourth-order valence-corrected chi connectivity index (χ4v) is 2.79. The highest BCUT2D eigenvalue weighted by Crippen LogP contribution is 2.25. The highest BCUT2D eigenvalue weighted by atomic mass is 15.1. The topological polar surface area (TPSA) is 15.3 Å². The van der Waals surface area contributed by atoms with Gasteiger partial charge >= 0.3 is 0 Å². The van der Waals surface area contributed by atoms with Gasteiger partial charge in [-0.25, -0.2) is 0 Å². The van der Waals surface area contributed by atoms with E-state index in [1.807, 2.05) is 0 Å². The normalized spacial score (nSPS) is 19.2. The lowest BCUT2D eigenvalue weighted by molar-refractivity contribution is 0.276. The molecule has 0 atom stereocenters. The molecule has 18 heavy (non-hydrogen) atoms. The second kappa shape index (κ2) is 8.16. The standard InChI is InChI=1S/C16H34N2/c1-16(2,3)17-12-14-18(4)13-11-15-9-7-5-6-8-10-15/h15,17H,5-14H2,1-4H3. The molecule has 2 heteroatoms. The smallest absolute Gasteiger partial charge is 0.0104 e. The predicted octanol–water partition coefficient (Wildman–Crippen LogP) is 3.67. The Morgan fingerprint density at radius 1 is 1.00 bits per heavy atom. The van der Waals surface area contributed by atoms with Crippen molar-refractivity contribution in [1.82, 2.24) is 10.2 Å². The molecule has 1 aliphatic carbocycles. The van der Waals surface area contributed by atoms with E-state index >= 15 is 0 Å². The van der Waals surface area contributed by atoms with Gasteiger partial charge in [0.05, 0.1) is 0 Å². The molecule has 0 aromatic carbocycles. The van der Waals surface area contributed by atoms with Crippen molar-refractivity contribution >= 4 is 0 Å². The summed E-state index contributed by atoms with van der Waals surface area (Å²) in [6, 6.07) is 0. The number of hydrogen-bond acceptors (Lipinski definition) is 2. The van der Waals surface area contributed by atoms with Crippen molar-refractivity contribution in [2.24, 2.45) is 5.92 Å². The molecule has 1 N–H and O–H groups in total. The fourth-order valence-electron chi connectivity index (χ4n) is 2.79. The Balaban J connectivity index is 2.06. The highest BCUT2D eigenvalue weighted by molar-refractivity contribution is 4.71. The Labute approximate surface area is 115 Å².